The van der Waals surface area contributed by atoms with Gasteiger partial charge in [-0.25, -0.2) is 0 Å². The van der Waals surface area contributed by atoms with Crippen LogP contribution in [0.15, 0.2) is 78.9 Å². The third kappa shape index (κ3) is 3.85. The van der Waals surface area contributed by atoms with E-state index in [-0.39, 0.29) is 5.91 Å². The predicted octanol–water partition coefficient (Wildman–Crippen LogP) is 5.84. The molecule has 0 bridgehead atoms. The maximum absolute atomic E-state index is 11.5. The van der Waals surface area contributed by atoms with E-state index >= 15 is 0 Å². The van der Waals surface area contributed by atoms with Crippen molar-refractivity contribution in [1.82, 2.24) is 0 Å². The van der Waals surface area contributed by atoms with E-state index in [1.807, 2.05) is 20.2 Å². The predicted molar refractivity (Wildman–Crippen MR) is 123 cm³/mol. The van der Waals surface area contributed by atoms with E-state index in [1.165, 1.54) is 34.9 Å². The van der Waals surface area contributed by atoms with Gasteiger partial charge in [-0.15, -0.1) is 0 Å². The average molecular weight is 380 g/mol. The molecule has 0 aromatic heterocycles. The molecule has 3 heteroatoms. The molecule has 1 amide bonds. The Bertz CT molecular complexity index is 1120. The summed E-state index contributed by atoms with van der Waals surface area (Å²) in [7, 11) is 4.08. The molecule has 4 rings (SSSR count). The van der Waals surface area contributed by atoms with Gasteiger partial charge in [0.15, 0.2) is 0 Å². The van der Waals surface area contributed by atoms with Crippen LogP contribution in [0.4, 0.5) is 11.4 Å². The van der Waals surface area contributed by atoms with Crippen LogP contribution in [0.2, 0.25) is 0 Å². The van der Waals surface area contributed by atoms with Crippen molar-refractivity contribution in [2.24, 2.45) is 0 Å². The zero-order valence-corrected chi connectivity index (χ0v) is 16.9. The summed E-state index contributed by atoms with van der Waals surface area (Å²) in [6.07, 6.45) is 6.36. The molecular formula is C26H24N2O. The van der Waals surface area contributed by atoms with Gasteiger partial charge in [0.25, 0.3) is 0 Å². The lowest BCUT2D eigenvalue weighted by molar-refractivity contribution is -0.114. The SMILES string of the molecule is CC(=O)Nc1ccc2c(c1)/C(=C/C=C\c1ccc(N(C)C)cc1)c1ccccc1-2. The molecule has 1 aliphatic carbocycles. The van der Waals surface area contributed by atoms with Crippen LogP contribution in [0, 0.1) is 0 Å². The normalized spacial score (nSPS) is 13.4. The van der Waals surface area contributed by atoms with Crippen molar-refractivity contribution in [2.75, 3.05) is 24.3 Å². The van der Waals surface area contributed by atoms with Crippen molar-refractivity contribution in [3.63, 3.8) is 0 Å². The Labute approximate surface area is 172 Å². The van der Waals surface area contributed by atoms with E-state index in [0.29, 0.717) is 0 Å². The number of carbonyl (C=O) groups is 1. The molecular weight excluding hydrogens is 356 g/mol. The summed E-state index contributed by atoms with van der Waals surface area (Å²) in [5.41, 5.74) is 9.12. The molecule has 29 heavy (non-hydrogen) atoms. The van der Waals surface area contributed by atoms with Gasteiger partial charge in [-0.3, -0.25) is 4.79 Å². The minimum Gasteiger partial charge on any atom is -0.378 e. The van der Waals surface area contributed by atoms with Gasteiger partial charge < -0.3 is 10.2 Å². The van der Waals surface area contributed by atoms with E-state index in [1.54, 1.807) is 0 Å². The molecule has 0 saturated carbocycles. The van der Waals surface area contributed by atoms with E-state index in [0.717, 1.165) is 16.8 Å². The summed E-state index contributed by atoms with van der Waals surface area (Å²) < 4.78 is 0. The van der Waals surface area contributed by atoms with E-state index in [4.69, 9.17) is 0 Å². The fraction of sp³-hybridized carbons (Fsp3) is 0.115. The monoisotopic (exact) mass is 380 g/mol. The fourth-order valence-corrected chi connectivity index (χ4v) is 3.70. The second kappa shape index (κ2) is 7.80. The zero-order valence-electron chi connectivity index (χ0n) is 16.9. The number of hydrogen-bond acceptors (Lipinski definition) is 2. The first-order chi connectivity index (χ1) is 14.0. The molecule has 1 aliphatic rings. The number of rotatable bonds is 4. The van der Waals surface area contributed by atoms with Crippen molar-refractivity contribution in [3.8, 4) is 11.1 Å². The summed E-state index contributed by atoms with van der Waals surface area (Å²) in [5, 5.41) is 2.89. The molecule has 0 spiro atoms. The molecule has 3 nitrogen and oxygen atoms in total. The lowest BCUT2D eigenvalue weighted by atomic mass is 10.0. The fourth-order valence-electron chi connectivity index (χ4n) is 3.70. The highest BCUT2D eigenvalue weighted by Crippen LogP contribution is 2.45. The summed E-state index contributed by atoms with van der Waals surface area (Å²) in [6.45, 7) is 1.53. The van der Waals surface area contributed by atoms with Gasteiger partial charge in [0.05, 0.1) is 0 Å². The van der Waals surface area contributed by atoms with Gasteiger partial charge in [0, 0.05) is 32.4 Å². The van der Waals surface area contributed by atoms with Gasteiger partial charge in [-0.2, -0.15) is 0 Å². The number of allylic oxidation sites excluding steroid dienone is 2. The largest absolute Gasteiger partial charge is 0.378 e. The summed E-state index contributed by atoms with van der Waals surface area (Å²) in [6, 6.07) is 23.0. The summed E-state index contributed by atoms with van der Waals surface area (Å²) in [4.78, 5) is 13.6. The number of anilines is 2. The zero-order chi connectivity index (χ0) is 20.4. The van der Waals surface area contributed by atoms with Crippen LogP contribution in [-0.4, -0.2) is 20.0 Å². The highest BCUT2D eigenvalue weighted by Gasteiger charge is 2.22. The molecule has 0 radical (unpaired) electrons. The van der Waals surface area contributed by atoms with Crippen molar-refractivity contribution >= 4 is 28.9 Å². The van der Waals surface area contributed by atoms with Gasteiger partial charge in [-0.1, -0.05) is 60.7 Å². The summed E-state index contributed by atoms with van der Waals surface area (Å²) in [5.74, 6) is -0.0629. The van der Waals surface area contributed by atoms with Crippen LogP contribution in [0.5, 0.6) is 0 Å². The van der Waals surface area contributed by atoms with Crippen LogP contribution in [-0.2, 0) is 4.79 Å². The molecule has 1 N–H and O–H groups in total. The second-order valence-corrected chi connectivity index (χ2v) is 7.41. The Hall–Kier alpha value is -3.59. The molecule has 0 fully saturated rings. The number of fused-ring (bicyclic) bond motifs is 3. The first-order valence-electron chi connectivity index (χ1n) is 9.70. The highest BCUT2D eigenvalue weighted by atomic mass is 16.1. The Kier molecular flexibility index (Phi) is 5.05. The Morgan fingerprint density at radius 3 is 2.24 bits per heavy atom. The average Bonchev–Trinajstić information content (AvgIpc) is 3.01. The molecule has 0 unspecified atom stereocenters. The second-order valence-electron chi connectivity index (χ2n) is 7.41. The third-order valence-electron chi connectivity index (χ3n) is 5.10. The van der Waals surface area contributed by atoms with Crippen LogP contribution >= 0.6 is 0 Å². The Morgan fingerprint density at radius 1 is 0.862 bits per heavy atom. The lowest BCUT2D eigenvalue weighted by Crippen LogP contribution is -2.07. The number of benzene rings is 3. The van der Waals surface area contributed by atoms with Gasteiger partial charge >= 0.3 is 0 Å². The minimum absolute atomic E-state index is 0.0629. The maximum atomic E-state index is 11.5. The standard InChI is InChI=1S/C26H24N2O/c1-18(29)27-20-13-16-25-23-9-5-4-8-22(23)24(26(25)17-20)10-6-7-19-11-14-21(15-12-19)28(2)3/h4-17H,1-3H3,(H,27,29)/b7-6-,24-10+. The van der Waals surface area contributed by atoms with Crippen molar-refractivity contribution in [2.45, 2.75) is 6.92 Å². The van der Waals surface area contributed by atoms with Crippen LogP contribution in [0.3, 0.4) is 0 Å². The Morgan fingerprint density at radius 2 is 1.55 bits per heavy atom. The topological polar surface area (TPSA) is 32.3 Å². The number of nitrogens with zero attached hydrogens (tertiary/aromatic N) is 1. The summed E-state index contributed by atoms with van der Waals surface area (Å²) >= 11 is 0. The molecule has 0 aliphatic heterocycles. The van der Waals surface area contributed by atoms with Crippen LogP contribution < -0.4 is 10.2 Å². The molecule has 0 atom stereocenters. The van der Waals surface area contributed by atoms with Gasteiger partial charge in [0.2, 0.25) is 5.91 Å². The van der Waals surface area contributed by atoms with Crippen molar-refractivity contribution in [3.05, 3.63) is 95.6 Å². The van der Waals surface area contributed by atoms with Crippen molar-refractivity contribution in [1.29, 1.82) is 0 Å². The first-order valence-corrected chi connectivity index (χ1v) is 9.70. The number of nitrogens with one attached hydrogen (secondary N) is 1. The highest BCUT2D eigenvalue weighted by molar-refractivity contribution is 6.03. The van der Waals surface area contributed by atoms with Crippen LogP contribution in [0.25, 0.3) is 22.8 Å². The van der Waals surface area contributed by atoms with E-state index in [9.17, 15) is 4.79 Å². The van der Waals surface area contributed by atoms with Crippen LogP contribution in [0.1, 0.15) is 23.6 Å². The number of hydrogen-bond donors (Lipinski definition) is 1. The first kappa shape index (κ1) is 18.8. The lowest BCUT2D eigenvalue weighted by Gasteiger charge is -2.11. The van der Waals surface area contributed by atoms with Gasteiger partial charge in [0.1, 0.15) is 0 Å². The maximum Gasteiger partial charge on any atom is 0.221 e. The van der Waals surface area contributed by atoms with E-state index in [2.05, 4.69) is 89.1 Å². The molecule has 3 aromatic rings. The van der Waals surface area contributed by atoms with Gasteiger partial charge in [-0.05, 0) is 57.7 Å². The smallest absolute Gasteiger partial charge is 0.221 e. The molecule has 144 valence electrons. The van der Waals surface area contributed by atoms with E-state index < -0.39 is 0 Å². The third-order valence-corrected chi connectivity index (χ3v) is 5.10. The number of carbonyl (C=O) groups excluding carboxylic acids is 1. The molecule has 0 saturated heterocycles. The minimum atomic E-state index is -0.0629. The van der Waals surface area contributed by atoms with Crippen molar-refractivity contribution < 1.29 is 4.79 Å². The quantitative estimate of drug-likeness (QED) is 0.483. The molecule has 0 heterocycles. The number of amides is 1. The Balaban J connectivity index is 1.70. The molecule has 3 aromatic carbocycles.